The number of carbonyl (C=O) groups excluding carboxylic acids is 2. The van der Waals surface area contributed by atoms with Crippen LogP contribution in [0.25, 0.3) is 0 Å². The lowest BCUT2D eigenvalue weighted by molar-refractivity contribution is -0.125. The van der Waals surface area contributed by atoms with E-state index in [-0.39, 0.29) is 30.0 Å². The minimum atomic E-state index is -2.87. The predicted molar refractivity (Wildman–Crippen MR) is 74.3 cm³/mol. The molecule has 1 amide bonds. The Labute approximate surface area is 127 Å². The number of nitrogens with one attached hydrogen (secondary N) is 1. The van der Waals surface area contributed by atoms with Crippen LogP contribution < -0.4 is 5.32 Å². The summed E-state index contributed by atoms with van der Waals surface area (Å²) in [4.78, 5) is 27.2. The number of halogens is 2. The van der Waals surface area contributed by atoms with Gasteiger partial charge < -0.3 is 10.1 Å². The molecule has 1 aromatic rings. The fourth-order valence-electron chi connectivity index (χ4n) is 1.97. The lowest BCUT2D eigenvalue weighted by Gasteiger charge is -2.12. The average molecular weight is 312 g/mol. The van der Waals surface area contributed by atoms with Gasteiger partial charge in [0, 0.05) is 18.2 Å². The quantitative estimate of drug-likeness (QED) is 0.820. The van der Waals surface area contributed by atoms with Crippen molar-refractivity contribution in [2.24, 2.45) is 5.41 Å². The highest BCUT2D eigenvalue weighted by molar-refractivity contribution is 5.91. The van der Waals surface area contributed by atoms with Crippen molar-refractivity contribution < 1.29 is 23.1 Å². The third-order valence-corrected chi connectivity index (χ3v) is 3.68. The van der Waals surface area contributed by atoms with Crippen LogP contribution in [0.15, 0.2) is 12.3 Å². The topological polar surface area (TPSA) is 68.3 Å². The third-order valence-electron chi connectivity index (χ3n) is 3.68. The van der Waals surface area contributed by atoms with Crippen LogP contribution in [0.5, 0.6) is 0 Å². The van der Waals surface area contributed by atoms with Gasteiger partial charge in [0.1, 0.15) is 5.69 Å². The van der Waals surface area contributed by atoms with Crippen LogP contribution in [0.1, 0.15) is 54.7 Å². The summed E-state index contributed by atoms with van der Waals surface area (Å²) in [5, 5.41) is 2.73. The van der Waals surface area contributed by atoms with Gasteiger partial charge in [-0.25, -0.2) is 13.6 Å². The Morgan fingerprint density at radius 2 is 2.14 bits per heavy atom. The minimum Gasteiger partial charge on any atom is -0.462 e. The van der Waals surface area contributed by atoms with E-state index in [0.29, 0.717) is 5.56 Å². The first-order chi connectivity index (χ1) is 10.4. The number of ether oxygens (including phenoxy) is 1. The van der Waals surface area contributed by atoms with Crippen LogP contribution in [-0.2, 0) is 16.1 Å². The van der Waals surface area contributed by atoms with E-state index in [1.165, 1.54) is 12.3 Å². The summed E-state index contributed by atoms with van der Waals surface area (Å²) < 4.78 is 30.6. The number of aromatic nitrogens is 1. The number of nitrogens with zero attached hydrogens (tertiary/aromatic N) is 1. The van der Waals surface area contributed by atoms with E-state index < -0.39 is 18.1 Å². The van der Waals surface area contributed by atoms with Gasteiger partial charge in [0.15, 0.2) is 0 Å². The monoisotopic (exact) mass is 312 g/mol. The maximum absolute atomic E-state index is 12.9. The largest absolute Gasteiger partial charge is 0.462 e. The Hall–Kier alpha value is -2.05. The summed E-state index contributed by atoms with van der Waals surface area (Å²) >= 11 is 0. The number of alkyl halides is 2. The van der Waals surface area contributed by atoms with Crippen LogP contribution in [0.2, 0.25) is 0 Å². The molecule has 2 rings (SSSR count). The molecule has 1 aromatic heterocycles. The molecule has 1 aliphatic carbocycles. The molecular weight excluding hydrogens is 294 g/mol. The molecule has 0 aliphatic heterocycles. The summed E-state index contributed by atoms with van der Waals surface area (Å²) in [6.45, 7) is 3.68. The second-order valence-electron chi connectivity index (χ2n) is 5.54. The standard InChI is InChI=1S/C15H18F2N2O3/c1-3-22-13(20)10-6-9(7-18-11(10)12(16)17)8-19-14(21)15(2)4-5-15/h6-7,12H,3-5,8H2,1-2H3,(H,19,21). The molecule has 1 fully saturated rings. The molecule has 22 heavy (non-hydrogen) atoms. The highest BCUT2D eigenvalue weighted by Gasteiger charge is 2.44. The normalized spacial score (nSPS) is 15.5. The highest BCUT2D eigenvalue weighted by Crippen LogP contribution is 2.45. The number of hydrogen-bond acceptors (Lipinski definition) is 4. The third kappa shape index (κ3) is 3.58. The van der Waals surface area contributed by atoms with Crippen molar-refractivity contribution in [1.82, 2.24) is 10.3 Å². The van der Waals surface area contributed by atoms with E-state index >= 15 is 0 Å². The number of carbonyl (C=O) groups is 2. The molecule has 0 radical (unpaired) electrons. The summed E-state index contributed by atoms with van der Waals surface area (Å²) in [6.07, 6.45) is 0.0541. The van der Waals surface area contributed by atoms with E-state index in [1.807, 2.05) is 6.92 Å². The number of rotatable bonds is 6. The first kappa shape index (κ1) is 16.3. The smallest absolute Gasteiger partial charge is 0.340 e. The van der Waals surface area contributed by atoms with E-state index in [2.05, 4.69) is 10.3 Å². The Kier molecular flexibility index (Phi) is 4.73. The molecule has 120 valence electrons. The number of pyridine rings is 1. The number of hydrogen-bond donors (Lipinski definition) is 1. The second-order valence-corrected chi connectivity index (χ2v) is 5.54. The minimum absolute atomic E-state index is 0.0804. The fourth-order valence-corrected chi connectivity index (χ4v) is 1.97. The molecule has 0 saturated heterocycles. The molecule has 1 heterocycles. The van der Waals surface area contributed by atoms with E-state index in [1.54, 1.807) is 6.92 Å². The zero-order chi connectivity index (χ0) is 16.3. The van der Waals surface area contributed by atoms with Crippen LogP contribution in [-0.4, -0.2) is 23.5 Å². The van der Waals surface area contributed by atoms with Gasteiger partial charge in [0.25, 0.3) is 6.43 Å². The Balaban J connectivity index is 2.13. The highest BCUT2D eigenvalue weighted by atomic mass is 19.3. The van der Waals surface area contributed by atoms with Gasteiger partial charge in [0.2, 0.25) is 5.91 Å². The number of amides is 1. The van der Waals surface area contributed by atoms with Gasteiger partial charge in [-0.3, -0.25) is 9.78 Å². The van der Waals surface area contributed by atoms with Gasteiger partial charge in [-0.2, -0.15) is 0 Å². The predicted octanol–water partition coefficient (Wildman–Crippen LogP) is 2.61. The summed E-state index contributed by atoms with van der Waals surface area (Å²) in [6, 6.07) is 1.29. The average Bonchev–Trinajstić information content (AvgIpc) is 3.23. The lowest BCUT2D eigenvalue weighted by atomic mass is 10.1. The van der Waals surface area contributed by atoms with Crippen LogP contribution >= 0.6 is 0 Å². The van der Waals surface area contributed by atoms with Crippen molar-refractivity contribution in [2.75, 3.05) is 6.61 Å². The van der Waals surface area contributed by atoms with Crippen molar-refractivity contribution in [1.29, 1.82) is 0 Å². The zero-order valence-corrected chi connectivity index (χ0v) is 12.5. The van der Waals surface area contributed by atoms with Crippen molar-refractivity contribution in [3.8, 4) is 0 Å². The zero-order valence-electron chi connectivity index (χ0n) is 12.5. The van der Waals surface area contributed by atoms with Crippen molar-refractivity contribution in [2.45, 2.75) is 39.7 Å². The summed E-state index contributed by atoms with van der Waals surface area (Å²) in [7, 11) is 0. The van der Waals surface area contributed by atoms with Crippen molar-refractivity contribution >= 4 is 11.9 Å². The molecule has 1 N–H and O–H groups in total. The Bertz CT molecular complexity index is 586. The fraction of sp³-hybridized carbons (Fsp3) is 0.533. The van der Waals surface area contributed by atoms with Gasteiger partial charge in [-0.15, -0.1) is 0 Å². The molecule has 0 atom stereocenters. The lowest BCUT2D eigenvalue weighted by Crippen LogP contribution is -2.29. The Morgan fingerprint density at radius 3 is 2.68 bits per heavy atom. The molecule has 0 bridgehead atoms. The molecule has 0 aromatic carbocycles. The molecule has 0 spiro atoms. The molecule has 0 unspecified atom stereocenters. The molecule has 1 aliphatic rings. The van der Waals surface area contributed by atoms with Gasteiger partial charge in [-0.1, -0.05) is 6.92 Å². The van der Waals surface area contributed by atoms with Gasteiger partial charge in [-0.05, 0) is 31.4 Å². The summed E-state index contributed by atoms with van der Waals surface area (Å²) in [5.41, 5.74) is -0.714. The molecule has 1 saturated carbocycles. The van der Waals surface area contributed by atoms with Gasteiger partial charge in [0.05, 0.1) is 12.2 Å². The van der Waals surface area contributed by atoms with E-state index in [4.69, 9.17) is 4.74 Å². The van der Waals surface area contributed by atoms with Crippen LogP contribution in [0.3, 0.4) is 0 Å². The second kappa shape index (κ2) is 6.37. The molecular formula is C15H18F2N2O3. The molecule has 5 nitrogen and oxygen atoms in total. The molecule has 7 heteroatoms. The maximum Gasteiger partial charge on any atom is 0.340 e. The maximum atomic E-state index is 12.9. The van der Waals surface area contributed by atoms with E-state index in [9.17, 15) is 18.4 Å². The SMILES string of the molecule is CCOC(=O)c1cc(CNC(=O)C2(C)CC2)cnc1C(F)F. The Morgan fingerprint density at radius 1 is 1.45 bits per heavy atom. The van der Waals surface area contributed by atoms with Crippen molar-refractivity contribution in [3.05, 3.63) is 29.1 Å². The van der Waals surface area contributed by atoms with Crippen molar-refractivity contribution in [3.63, 3.8) is 0 Å². The van der Waals surface area contributed by atoms with E-state index in [0.717, 1.165) is 12.8 Å². The van der Waals surface area contributed by atoms with Crippen LogP contribution in [0.4, 0.5) is 8.78 Å². The first-order valence-electron chi connectivity index (χ1n) is 7.10. The van der Waals surface area contributed by atoms with Gasteiger partial charge >= 0.3 is 5.97 Å². The first-order valence-corrected chi connectivity index (χ1v) is 7.10. The number of esters is 1. The van der Waals surface area contributed by atoms with Crippen LogP contribution in [0, 0.1) is 5.41 Å². The summed E-state index contributed by atoms with van der Waals surface area (Å²) in [5.74, 6) is -0.921.